The maximum Gasteiger partial charge on any atom is 0.294 e. The molecule has 6 aromatic rings. The average molecular weight is 757 g/mol. The minimum atomic E-state index is -4.02. The molecule has 276 valence electrons. The molecule has 1 aliphatic rings. The number of fused-ring (bicyclic) bond motifs is 2. The largest absolute Gasteiger partial charge is 0.370 e. The van der Waals surface area contributed by atoms with Gasteiger partial charge in [-0.15, -0.1) is 0 Å². The summed E-state index contributed by atoms with van der Waals surface area (Å²) in [6.45, 7) is 7.24. The van der Waals surface area contributed by atoms with Gasteiger partial charge in [-0.25, -0.2) is 0 Å². The van der Waals surface area contributed by atoms with E-state index in [1.54, 1.807) is 30.3 Å². The van der Waals surface area contributed by atoms with Crippen LogP contribution < -0.4 is 16.4 Å². The topological polar surface area (TPSA) is 207 Å². The highest BCUT2D eigenvalue weighted by Gasteiger charge is 2.21. The lowest BCUT2D eigenvalue weighted by Crippen LogP contribution is -2.19. The minimum absolute atomic E-state index is 0.0666. The van der Waals surface area contributed by atoms with E-state index < -0.39 is 26.1 Å². The number of rotatable bonds is 7. The maximum atomic E-state index is 11.9. The van der Waals surface area contributed by atoms with Crippen molar-refractivity contribution >= 4 is 48.7 Å². The molecule has 0 saturated carbocycles. The van der Waals surface area contributed by atoms with Crippen LogP contribution in [-0.4, -0.2) is 52.9 Å². The van der Waals surface area contributed by atoms with E-state index in [-0.39, 0.29) is 9.79 Å². The van der Waals surface area contributed by atoms with E-state index in [1.807, 2.05) is 61.7 Å². The van der Waals surface area contributed by atoms with Crippen molar-refractivity contribution in [2.24, 2.45) is 5.73 Å². The zero-order chi connectivity index (χ0) is 38.3. The van der Waals surface area contributed by atoms with Crippen molar-refractivity contribution in [1.82, 2.24) is 14.5 Å². The van der Waals surface area contributed by atoms with Crippen molar-refractivity contribution in [3.05, 3.63) is 137 Å². The molecule has 0 unspecified atom stereocenters. The number of primary amides is 1. The summed E-state index contributed by atoms with van der Waals surface area (Å²) >= 11 is 0. The van der Waals surface area contributed by atoms with Crippen molar-refractivity contribution in [2.75, 3.05) is 17.2 Å². The molecule has 0 fully saturated rings. The number of carbonyl (C=O) groups is 1. The third kappa shape index (κ3) is 9.84. The van der Waals surface area contributed by atoms with Gasteiger partial charge >= 0.3 is 0 Å². The number of nitrogens with zero attached hydrogens (tertiary/aromatic N) is 3. The highest BCUT2D eigenvalue weighted by molar-refractivity contribution is 7.86. The fourth-order valence-electron chi connectivity index (χ4n) is 5.62. The lowest BCUT2D eigenvalue weighted by Gasteiger charge is -2.22. The summed E-state index contributed by atoms with van der Waals surface area (Å²) in [5, 5.41) is 7.74. The van der Waals surface area contributed by atoms with Gasteiger partial charge < -0.3 is 16.4 Å². The molecule has 0 aliphatic carbocycles. The number of aromatic nitrogens is 3. The number of anilines is 2. The molecule has 0 radical (unpaired) electrons. The van der Waals surface area contributed by atoms with Crippen LogP contribution in [0.3, 0.4) is 0 Å². The molecule has 6 N–H and O–H groups in total. The van der Waals surface area contributed by atoms with Crippen molar-refractivity contribution < 1.29 is 30.7 Å². The van der Waals surface area contributed by atoms with Gasteiger partial charge in [0, 0.05) is 35.3 Å². The van der Waals surface area contributed by atoms with Gasteiger partial charge in [-0.2, -0.15) is 26.8 Å². The molecule has 7 rings (SSSR count). The summed E-state index contributed by atoms with van der Waals surface area (Å²) in [5.74, 6) is 1.82. The van der Waals surface area contributed by atoms with Crippen molar-refractivity contribution in [3.8, 4) is 5.95 Å². The number of nitrogens with two attached hydrogens (primary N) is 1. The van der Waals surface area contributed by atoms with Crippen LogP contribution in [0.4, 0.5) is 11.6 Å². The van der Waals surface area contributed by atoms with Crippen LogP contribution in [0.1, 0.15) is 44.7 Å². The Hall–Kier alpha value is -5.61. The smallest absolute Gasteiger partial charge is 0.294 e. The maximum absolute atomic E-state index is 11.9. The van der Waals surface area contributed by atoms with E-state index in [9.17, 15) is 21.6 Å². The van der Waals surface area contributed by atoms with E-state index in [0.717, 1.165) is 64.3 Å². The van der Waals surface area contributed by atoms with Gasteiger partial charge in [0.25, 0.3) is 20.2 Å². The Morgan fingerprint density at radius 2 is 1.40 bits per heavy atom. The lowest BCUT2D eigenvalue weighted by molar-refractivity contribution is 0.100. The molecule has 0 saturated heterocycles. The molecule has 1 amide bonds. The SMILES string of the molecule is Cc1cc2c(C(N)=O)cccc2n1-c1nc2c(c(NCc3ccccc3)n1)CCCN2.Cc1ccc(S(=O)(=O)O)cc1.Cc1ccc(S(=O)(=O)O)cc1. The van der Waals surface area contributed by atoms with Gasteiger partial charge in [-0.3, -0.25) is 18.5 Å². The minimum Gasteiger partial charge on any atom is -0.370 e. The number of hydrogen-bond acceptors (Lipinski definition) is 9. The van der Waals surface area contributed by atoms with Crippen LogP contribution >= 0.6 is 0 Å². The zero-order valence-electron chi connectivity index (χ0n) is 29.3. The molecule has 15 heteroatoms. The molecular formula is C38H40N6O7S2. The van der Waals surface area contributed by atoms with Gasteiger partial charge in [-0.05, 0) is 81.6 Å². The van der Waals surface area contributed by atoms with Crippen LogP contribution in [0.25, 0.3) is 16.9 Å². The van der Waals surface area contributed by atoms with Crippen molar-refractivity contribution in [1.29, 1.82) is 0 Å². The summed E-state index contributed by atoms with van der Waals surface area (Å²) in [7, 11) is -8.04. The third-order valence-corrected chi connectivity index (χ3v) is 10.1. The first-order chi connectivity index (χ1) is 25.1. The predicted molar refractivity (Wildman–Crippen MR) is 205 cm³/mol. The zero-order valence-corrected chi connectivity index (χ0v) is 30.9. The number of hydrogen-bond donors (Lipinski definition) is 5. The average Bonchev–Trinajstić information content (AvgIpc) is 3.46. The molecular weight excluding hydrogens is 717 g/mol. The predicted octanol–water partition coefficient (Wildman–Crippen LogP) is 6.28. The number of nitrogens with one attached hydrogen (secondary N) is 2. The fraction of sp³-hybridized carbons (Fsp3) is 0.184. The molecule has 4 aromatic carbocycles. The van der Waals surface area contributed by atoms with E-state index in [1.165, 1.54) is 29.8 Å². The normalized spacial score (nSPS) is 12.3. The number of carbonyl (C=O) groups excluding carboxylic acids is 1. The second-order valence-corrected chi connectivity index (χ2v) is 15.2. The Labute approximate surface area is 308 Å². The summed E-state index contributed by atoms with van der Waals surface area (Å²) in [4.78, 5) is 21.5. The van der Waals surface area contributed by atoms with Crippen LogP contribution in [0.2, 0.25) is 0 Å². The van der Waals surface area contributed by atoms with Gasteiger partial charge in [-0.1, -0.05) is 71.8 Å². The van der Waals surface area contributed by atoms with Crippen LogP contribution in [0.15, 0.2) is 113 Å². The summed E-state index contributed by atoms with van der Waals surface area (Å²) in [5.41, 5.74) is 12.1. The lowest BCUT2D eigenvalue weighted by atomic mass is 10.1. The van der Waals surface area contributed by atoms with Crippen molar-refractivity contribution in [3.63, 3.8) is 0 Å². The number of amides is 1. The van der Waals surface area contributed by atoms with E-state index in [2.05, 4.69) is 22.8 Å². The quantitative estimate of drug-likeness (QED) is 0.115. The summed E-state index contributed by atoms with van der Waals surface area (Å²) in [6, 6.07) is 29.7. The van der Waals surface area contributed by atoms with Gasteiger partial charge in [0.2, 0.25) is 11.9 Å². The number of benzene rings is 4. The van der Waals surface area contributed by atoms with Gasteiger partial charge in [0.15, 0.2) is 0 Å². The van der Waals surface area contributed by atoms with Gasteiger partial charge in [0.05, 0.1) is 15.3 Å². The first-order valence-corrected chi connectivity index (χ1v) is 19.4. The molecule has 2 aromatic heterocycles. The Balaban J connectivity index is 0.000000201. The highest BCUT2D eigenvalue weighted by Crippen LogP contribution is 2.31. The second-order valence-electron chi connectivity index (χ2n) is 12.4. The first-order valence-electron chi connectivity index (χ1n) is 16.5. The molecule has 1 aliphatic heterocycles. The summed E-state index contributed by atoms with van der Waals surface area (Å²) in [6.07, 6.45) is 1.97. The Bertz CT molecular complexity index is 2380. The molecule has 0 spiro atoms. The van der Waals surface area contributed by atoms with Crippen molar-refractivity contribution in [2.45, 2.75) is 49.9 Å². The van der Waals surface area contributed by atoms with E-state index in [4.69, 9.17) is 24.8 Å². The molecule has 0 bridgehead atoms. The molecule has 53 heavy (non-hydrogen) atoms. The molecule has 13 nitrogen and oxygen atoms in total. The second kappa shape index (κ2) is 16.4. The van der Waals surface area contributed by atoms with Crippen LogP contribution in [0.5, 0.6) is 0 Å². The fourth-order valence-corrected chi connectivity index (χ4v) is 6.58. The van der Waals surface area contributed by atoms with E-state index in [0.29, 0.717) is 18.1 Å². The van der Waals surface area contributed by atoms with Gasteiger partial charge in [0.1, 0.15) is 11.6 Å². The van der Waals surface area contributed by atoms with E-state index >= 15 is 0 Å². The number of aryl methyl sites for hydroxylation is 3. The van der Waals surface area contributed by atoms with Crippen LogP contribution in [0, 0.1) is 20.8 Å². The monoisotopic (exact) mass is 756 g/mol. The molecule has 0 atom stereocenters. The molecule has 3 heterocycles. The highest BCUT2D eigenvalue weighted by atomic mass is 32.2. The first kappa shape index (κ1) is 38.6. The standard InChI is InChI=1S/C24H24N6O.2C7H8O3S/c1-15-13-19-17(21(25)31)9-5-11-20(19)30(15)24-28-22-18(10-6-12-26-22)23(29-24)27-14-16-7-3-2-4-8-16;2*1-6-2-4-7(5-3-6)11(8,9)10/h2-5,7-9,11,13H,6,10,12,14H2,1H3,(H2,25,31)(H2,26,27,28,29);2*2-5H,1H3,(H,8,9,10). The Morgan fingerprint density at radius 1 is 0.811 bits per heavy atom. The Morgan fingerprint density at radius 3 is 1.94 bits per heavy atom. The Kier molecular flexibility index (Phi) is 11.9. The van der Waals surface area contributed by atoms with Crippen LogP contribution in [-0.2, 0) is 33.2 Å². The third-order valence-electron chi connectivity index (χ3n) is 8.33. The summed E-state index contributed by atoms with van der Waals surface area (Å²) < 4.78 is 61.1.